The van der Waals surface area contributed by atoms with Gasteiger partial charge < -0.3 is 25.2 Å². The fourth-order valence-electron chi connectivity index (χ4n) is 2.35. The van der Waals surface area contributed by atoms with Crippen LogP contribution in [0.25, 0.3) is 0 Å². The highest BCUT2D eigenvalue weighted by molar-refractivity contribution is 5.79. The molecule has 6 heteroatoms. The van der Waals surface area contributed by atoms with Gasteiger partial charge in [-0.25, -0.2) is 4.99 Å². The second kappa shape index (κ2) is 7.59. The molecule has 0 radical (unpaired) electrons. The van der Waals surface area contributed by atoms with Crippen LogP contribution >= 0.6 is 0 Å². The monoisotopic (exact) mass is 327 g/mol. The molecule has 0 saturated carbocycles. The SMILES string of the molecule is CCNC(=NCc1ccc2c(c1)OCO2)NCc1ccc(O)cc1. The minimum Gasteiger partial charge on any atom is -0.508 e. The van der Waals surface area contributed by atoms with Crippen molar-refractivity contribution in [2.45, 2.75) is 20.0 Å². The van der Waals surface area contributed by atoms with Crippen molar-refractivity contribution < 1.29 is 14.6 Å². The van der Waals surface area contributed by atoms with E-state index in [1.165, 1.54) is 0 Å². The topological polar surface area (TPSA) is 75.1 Å². The number of nitrogens with zero attached hydrogens (tertiary/aromatic N) is 1. The van der Waals surface area contributed by atoms with Crippen LogP contribution in [0.5, 0.6) is 17.2 Å². The van der Waals surface area contributed by atoms with E-state index in [2.05, 4.69) is 15.6 Å². The van der Waals surface area contributed by atoms with E-state index in [1.54, 1.807) is 12.1 Å². The summed E-state index contributed by atoms with van der Waals surface area (Å²) in [7, 11) is 0. The van der Waals surface area contributed by atoms with Crippen LogP contribution in [0.15, 0.2) is 47.5 Å². The number of fused-ring (bicyclic) bond motifs is 1. The Labute approximate surface area is 141 Å². The van der Waals surface area contributed by atoms with Gasteiger partial charge in [0.25, 0.3) is 0 Å². The van der Waals surface area contributed by atoms with Gasteiger partial charge in [0.1, 0.15) is 5.75 Å². The molecule has 0 aromatic heterocycles. The summed E-state index contributed by atoms with van der Waals surface area (Å²) in [5.41, 5.74) is 2.13. The maximum absolute atomic E-state index is 9.32. The average molecular weight is 327 g/mol. The molecule has 2 aromatic carbocycles. The average Bonchev–Trinajstić information content (AvgIpc) is 3.06. The maximum Gasteiger partial charge on any atom is 0.231 e. The third-order valence-corrected chi connectivity index (χ3v) is 3.60. The second-order valence-electron chi connectivity index (χ2n) is 5.40. The zero-order valence-electron chi connectivity index (χ0n) is 13.6. The number of nitrogens with one attached hydrogen (secondary N) is 2. The molecular formula is C18H21N3O3. The molecule has 0 bridgehead atoms. The highest BCUT2D eigenvalue weighted by atomic mass is 16.7. The van der Waals surface area contributed by atoms with Gasteiger partial charge >= 0.3 is 0 Å². The van der Waals surface area contributed by atoms with Crippen LogP contribution in [0.2, 0.25) is 0 Å². The van der Waals surface area contributed by atoms with Crippen LogP contribution < -0.4 is 20.1 Å². The highest BCUT2D eigenvalue weighted by Crippen LogP contribution is 2.32. The van der Waals surface area contributed by atoms with E-state index in [0.717, 1.165) is 35.1 Å². The lowest BCUT2D eigenvalue weighted by molar-refractivity contribution is 0.174. The standard InChI is InChI=1S/C18H21N3O3/c1-2-19-18(20-10-13-3-6-15(22)7-4-13)21-11-14-5-8-16-17(9-14)24-12-23-16/h3-9,22H,2,10-12H2,1H3,(H2,19,20,21). The highest BCUT2D eigenvalue weighted by Gasteiger charge is 2.12. The van der Waals surface area contributed by atoms with Gasteiger partial charge in [0.2, 0.25) is 6.79 Å². The van der Waals surface area contributed by atoms with E-state index in [1.807, 2.05) is 37.3 Å². The fourth-order valence-corrected chi connectivity index (χ4v) is 2.35. The van der Waals surface area contributed by atoms with E-state index in [0.29, 0.717) is 13.1 Å². The number of ether oxygens (including phenoxy) is 2. The minimum absolute atomic E-state index is 0.266. The Hall–Kier alpha value is -2.89. The van der Waals surface area contributed by atoms with Gasteiger partial charge in [-0.15, -0.1) is 0 Å². The molecule has 126 valence electrons. The summed E-state index contributed by atoms with van der Waals surface area (Å²) in [6, 6.07) is 13.0. The molecule has 3 rings (SSSR count). The van der Waals surface area contributed by atoms with Gasteiger partial charge in [-0.1, -0.05) is 18.2 Å². The van der Waals surface area contributed by atoms with Gasteiger partial charge in [0.05, 0.1) is 6.54 Å². The Bertz CT molecular complexity index is 714. The molecule has 3 N–H and O–H groups in total. The van der Waals surface area contributed by atoms with Crippen LogP contribution in [0.4, 0.5) is 0 Å². The number of guanidine groups is 1. The number of hydrogen-bond acceptors (Lipinski definition) is 4. The molecule has 0 unspecified atom stereocenters. The van der Waals surface area contributed by atoms with Crippen molar-refractivity contribution in [2.75, 3.05) is 13.3 Å². The van der Waals surface area contributed by atoms with Gasteiger partial charge in [0.15, 0.2) is 17.5 Å². The summed E-state index contributed by atoms with van der Waals surface area (Å²) in [4.78, 5) is 4.59. The zero-order chi connectivity index (χ0) is 16.8. The van der Waals surface area contributed by atoms with Crippen molar-refractivity contribution in [1.82, 2.24) is 10.6 Å². The third kappa shape index (κ3) is 4.10. The van der Waals surface area contributed by atoms with Crippen molar-refractivity contribution >= 4 is 5.96 Å². The van der Waals surface area contributed by atoms with Gasteiger partial charge in [0, 0.05) is 13.1 Å². The predicted molar refractivity (Wildman–Crippen MR) is 92.3 cm³/mol. The summed E-state index contributed by atoms with van der Waals surface area (Å²) in [5.74, 6) is 2.55. The number of aromatic hydroxyl groups is 1. The van der Waals surface area contributed by atoms with E-state index in [4.69, 9.17) is 9.47 Å². The smallest absolute Gasteiger partial charge is 0.231 e. The number of hydrogen-bond donors (Lipinski definition) is 3. The first-order chi connectivity index (χ1) is 11.7. The van der Waals surface area contributed by atoms with Crippen LogP contribution in [-0.4, -0.2) is 24.4 Å². The predicted octanol–water partition coefficient (Wildman–Crippen LogP) is 2.38. The molecule has 1 aliphatic heterocycles. The minimum atomic E-state index is 0.266. The molecular weight excluding hydrogens is 306 g/mol. The van der Waals surface area contributed by atoms with Crippen LogP contribution in [0.1, 0.15) is 18.1 Å². The summed E-state index contributed by atoms with van der Waals surface area (Å²) in [6.45, 7) is 4.26. The molecule has 0 amide bonds. The Kier molecular flexibility index (Phi) is 5.05. The first-order valence-corrected chi connectivity index (χ1v) is 7.93. The largest absolute Gasteiger partial charge is 0.508 e. The van der Waals surface area contributed by atoms with Crippen LogP contribution in [0, 0.1) is 0 Å². The van der Waals surface area contributed by atoms with Crippen molar-refractivity contribution in [3.05, 3.63) is 53.6 Å². The molecule has 0 spiro atoms. The second-order valence-corrected chi connectivity index (χ2v) is 5.40. The van der Waals surface area contributed by atoms with Crippen molar-refractivity contribution in [3.63, 3.8) is 0 Å². The van der Waals surface area contributed by atoms with Crippen molar-refractivity contribution in [1.29, 1.82) is 0 Å². The van der Waals surface area contributed by atoms with E-state index >= 15 is 0 Å². The molecule has 1 aliphatic rings. The Balaban J connectivity index is 1.61. The normalized spacial score (nSPS) is 13.0. The number of aliphatic imine (C=N–C) groups is 1. The lowest BCUT2D eigenvalue weighted by Crippen LogP contribution is -2.36. The quantitative estimate of drug-likeness (QED) is 0.581. The van der Waals surface area contributed by atoms with Gasteiger partial charge in [-0.05, 0) is 42.3 Å². The maximum atomic E-state index is 9.32. The van der Waals surface area contributed by atoms with E-state index in [-0.39, 0.29) is 12.5 Å². The van der Waals surface area contributed by atoms with E-state index in [9.17, 15) is 5.11 Å². The Morgan fingerprint density at radius 2 is 1.79 bits per heavy atom. The summed E-state index contributed by atoms with van der Waals surface area (Å²) < 4.78 is 10.7. The number of phenols is 1. The molecule has 0 fully saturated rings. The molecule has 2 aromatic rings. The third-order valence-electron chi connectivity index (χ3n) is 3.60. The molecule has 0 saturated heterocycles. The van der Waals surface area contributed by atoms with Crippen LogP contribution in [0.3, 0.4) is 0 Å². The first-order valence-electron chi connectivity index (χ1n) is 7.93. The fraction of sp³-hybridized carbons (Fsp3) is 0.278. The summed E-state index contributed by atoms with van der Waals surface area (Å²) in [6.07, 6.45) is 0. The molecule has 1 heterocycles. The molecule has 0 atom stereocenters. The molecule has 24 heavy (non-hydrogen) atoms. The number of phenolic OH excluding ortho intramolecular Hbond substituents is 1. The van der Waals surface area contributed by atoms with Gasteiger partial charge in [-0.3, -0.25) is 0 Å². The Morgan fingerprint density at radius 1 is 1.04 bits per heavy atom. The molecule has 6 nitrogen and oxygen atoms in total. The number of rotatable bonds is 5. The van der Waals surface area contributed by atoms with E-state index < -0.39 is 0 Å². The van der Waals surface area contributed by atoms with Gasteiger partial charge in [-0.2, -0.15) is 0 Å². The summed E-state index contributed by atoms with van der Waals surface area (Å²) in [5, 5.41) is 15.8. The van der Waals surface area contributed by atoms with Crippen molar-refractivity contribution in [2.24, 2.45) is 4.99 Å². The Morgan fingerprint density at radius 3 is 2.58 bits per heavy atom. The van der Waals surface area contributed by atoms with Crippen LogP contribution in [-0.2, 0) is 13.1 Å². The lowest BCUT2D eigenvalue weighted by Gasteiger charge is -2.11. The summed E-state index contributed by atoms with van der Waals surface area (Å²) >= 11 is 0. The lowest BCUT2D eigenvalue weighted by atomic mass is 10.2. The zero-order valence-corrected chi connectivity index (χ0v) is 13.6. The number of benzene rings is 2. The van der Waals surface area contributed by atoms with Crippen molar-refractivity contribution in [3.8, 4) is 17.2 Å². The first kappa shape index (κ1) is 16.0. The molecule has 0 aliphatic carbocycles.